The molecule has 3 fully saturated rings. The first-order chi connectivity index (χ1) is 36.2. The van der Waals surface area contributed by atoms with Crippen molar-refractivity contribution in [3.8, 4) is 0 Å². The second-order valence-corrected chi connectivity index (χ2v) is 26.6. The third kappa shape index (κ3) is 14.3. The Bertz CT molecular complexity index is 3620. The number of rotatable bonds is 12. The molecule has 414 valence electrons. The number of hydrogen-bond donors (Lipinski definition) is 8. The van der Waals surface area contributed by atoms with Gasteiger partial charge in [0, 0.05) is 62.0 Å². The zero-order valence-corrected chi connectivity index (χ0v) is 47.6. The number of aromatic nitrogens is 3. The van der Waals surface area contributed by atoms with E-state index in [0.717, 1.165) is 70.6 Å². The molecule has 3 aliphatic rings. The number of aliphatic imine (C=N–C) groups is 2. The predicted molar refractivity (Wildman–Crippen MR) is 304 cm³/mol. The largest absolute Gasteiger partial charge is 0.480 e. The number of fused-ring (bicyclic) bond motifs is 3. The van der Waals surface area contributed by atoms with E-state index in [0.29, 0.717) is 60.2 Å². The highest BCUT2D eigenvalue weighted by molar-refractivity contribution is 7.90. The van der Waals surface area contributed by atoms with Crippen LogP contribution >= 0.6 is 46.4 Å². The average molecular weight is 1200 g/mol. The van der Waals surface area contributed by atoms with Crippen LogP contribution in [0.15, 0.2) is 97.9 Å². The third-order valence-corrected chi connectivity index (χ3v) is 19.9. The Kier molecular flexibility index (Phi) is 18.6. The van der Waals surface area contributed by atoms with Gasteiger partial charge in [0.1, 0.15) is 10.7 Å². The molecule has 0 bridgehead atoms. The number of sulfonamides is 3. The van der Waals surface area contributed by atoms with Crippen molar-refractivity contribution in [2.75, 3.05) is 0 Å². The van der Waals surface area contributed by atoms with Gasteiger partial charge in [-0.2, -0.15) is 14.7 Å². The molecule has 6 aromatic rings. The van der Waals surface area contributed by atoms with Gasteiger partial charge in [-0.25, -0.2) is 49.6 Å². The summed E-state index contributed by atoms with van der Waals surface area (Å²) < 4.78 is 85.4. The molecule has 77 heavy (non-hydrogen) atoms. The Balaban J connectivity index is 0.000000169. The number of carbonyl (C=O) groups is 1. The highest BCUT2D eigenvalue weighted by atomic mass is 35.5. The first-order valence-corrected chi connectivity index (χ1v) is 30.6. The van der Waals surface area contributed by atoms with Crippen LogP contribution in [0.5, 0.6) is 0 Å². The third-order valence-electron chi connectivity index (χ3n) is 13.9. The van der Waals surface area contributed by atoms with Gasteiger partial charge in [0.15, 0.2) is 23.6 Å². The normalized spacial score (nSPS) is 17.3. The van der Waals surface area contributed by atoms with Crippen molar-refractivity contribution in [1.82, 2.24) is 29.1 Å². The molecule has 20 nitrogen and oxygen atoms in total. The maximum absolute atomic E-state index is 13.0. The van der Waals surface area contributed by atoms with Gasteiger partial charge in [0.25, 0.3) is 0 Å². The molecule has 12 N–H and O–H groups in total. The number of nitrogens with zero attached hydrogens (tertiary/aromatic N) is 5. The van der Waals surface area contributed by atoms with Gasteiger partial charge in [-0.1, -0.05) is 122 Å². The highest BCUT2D eigenvalue weighted by Crippen LogP contribution is 2.37. The Labute approximate surface area is 467 Å². The van der Waals surface area contributed by atoms with Crippen LogP contribution in [0.2, 0.25) is 20.2 Å². The number of nitrogens with one attached hydrogen (secondary N) is 3. The van der Waals surface area contributed by atoms with Crippen LogP contribution in [-0.2, 0) is 34.9 Å². The fourth-order valence-electron chi connectivity index (χ4n) is 9.89. The number of benzene rings is 3. The van der Waals surface area contributed by atoms with E-state index in [2.05, 4.69) is 39.1 Å². The molecule has 3 aromatic heterocycles. The summed E-state index contributed by atoms with van der Waals surface area (Å²) in [5.74, 6) is -1.24. The summed E-state index contributed by atoms with van der Waals surface area (Å²) in [7, 11) is -11.4. The van der Waals surface area contributed by atoms with Crippen molar-refractivity contribution in [3.63, 3.8) is 0 Å². The smallest absolute Gasteiger partial charge is 0.324 e. The molecule has 27 heteroatoms. The molecule has 3 heterocycles. The minimum absolute atomic E-state index is 0.113. The molecule has 3 saturated carbocycles. The number of carboxylic acids is 1. The van der Waals surface area contributed by atoms with Crippen molar-refractivity contribution in [2.45, 2.75) is 141 Å². The van der Waals surface area contributed by atoms with E-state index in [-0.39, 0.29) is 61.8 Å². The lowest BCUT2D eigenvalue weighted by Gasteiger charge is -2.34. The first-order valence-electron chi connectivity index (χ1n) is 24.6. The van der Waals surface area contributed by atoms with E-state index >= 15 is 0 Å². The van der Waals surface area contributed by atoms with E-state index in [4.69, 9.17) is 69.3 Å². The van der Waals surface area contributed by atoms with Crippen molar-refractivity contribution in [2.24, 2.45) is 32.9 Å². The summed E-state index contributed by atoms with van der Waals surface area (Å²) in [6, 6.07) is 13.6. The summed E-state index contributed by atoms with van der Waals surface area (Å²) >= 11 is 24.5. The second kappa shape index (κ2) is 24.0. The highest BCUT2D eigenvalue weighted by Gasteiger charge is 2.43. The number of carboxylic acid groups (broad SMARTS) is 1. The fourth-order valence-corrected chi connectivity index (χ4v) is 15.2. The molecule has 0 atom stereocenters. The Hall–Kier alpha value is -5.21. The number of guanidine groups is 2. The van der Waals surface area contributed by atoms with Gasteiger partial charge >= 0.3 is 5.97 Å². The van der Waals surface area contributed by atoms with Crippen LogP contribution in [0.25, 0.3) is 32.3 Å². The van der Waals surface area contributed by atoms with Crippen LogP contribution in [0, 0.1) is 0 Å². The number of halogens is 4. The first kappa shape index (κ1) is 59.5. The van der Waals surface area contributed by atoms with E-state index in [9.17, 15) is 35.2 Å². The average Bonchev–Trinajstić information content (AvgIpc) is 3.37. The molecule has 0 radical (unpaired) electrons. The van der Waals surface area contributed by atoms with E-state index in [1.165, 1.54) is 55.0 Å². The molecular weight excluding hydrogens is 1130 g/mol. The Morgan fingerprint density at radius 3 is 1.18 bits per heavy atom. The van der Waals surface area contributed by atoms with Gasteiger partial charge in [-0.15, -0.1) is 0 Å². The summed E-state index contributed by atoms with van der Waals surface area (Å²) in [6.45, 7) is 3.92. The summed E-state index contributed by atoms with van der Waals surface area (Å²) in [4.78, 5) is 32.0. The molecule has 3 aromatic carbocycles. The van der Waals surface area contributed by atoms with Crippen molar-refractivity contribution < 1.29 is 35.2 Å². The molecule has 3 aliphatic carbocycles. The van der Waals surface area contributed by atoms with Crippen LogP contribution < -0.4 is 37.1 Å². The van der Waals surface area contributed by atoms with Gasteiger partial charge in [0.05, 0.1) is 29.8 Å². The van der Waals surface area contributed by atoms with Gasteiger partial charge < -0.3 is 28.0 Å². The quantitative estimate of drug-likeness (QED) is 0.0321. The van der Waals surface area contributed by atoms with Crippen LogP contribution in [0.4, 0.5) is 11.6 Å². The maximum Gasteiger partial charge on any atom is 0.324 e. The maximum atomic E-state index is 13.0. The second-order valence-electron chi connectivity index (χ2n) is 20.0. The lowest BCUT2D eigenvalue weighted by molar-refractivity contribution is -0.145. The Morgan fingerprint density at radius 2 is 0.818 bits per heavy atom. The SMILES string of the molecule is CC1(NS(=O)(=O)c2ccc3c(Cl)cnc(Cl)c3c2)CCCCC1.CC1(NS(=O)(=O)c2ccc3c(Cl)cnc(N=C(N)N)c3c2)CCCCC1.NC(N)=Nc1ncc(Cl)c2ccc(S(=O)(=O)NC3(C(=O)O)CCCCC3)cc12. The number of hydrogen-bond acceptors (Lipinski definition) is 12. The van der Waals surface area contributed by atoms with Gasteiger partial charge in [0.2, 0.25) is 30.1 Å². The topological polar surface area (TPSA) is 343 Å². The molecule has 9 rings (SSSR count). The predicted octanol–water partition coefficient (Wildman–Crippen LogP) is 9.20. The Morgan fingerprint density at radius 1 is 0.494 bits per heavy atom. The standard InChI is InChI=1S/C17H20ClN5O4S.C17H22ClN5O2S.C16H18Cl2N2O2S/c18-13-9-21-14(22-16(19)20)12-8-10(4-5-11(12)13)28(26,27)23-17(15(24)25)6-2-1-3-7-17;1-17(7-3-2-4-8-17)23-26(24,25)11-5-6-12-13(9-11)15(22-16(19)20)21-10-14(12)18;1-16(7-3-2-4-8-16)20-23(21,22)11-5-6-12-13(9-11)15(18)19-10-14(12)17/h4-5,8-9,23H,1-3,6-7H2,(H,24,25)(H4,19,20,21,22);5-6,9-10,23H,2-4,7-8H2,1H3,(H4,19,20,21,22);5-6,9-10,20H,2-4,7-8H2,1H3. The number of aliphatic carboxylic acids is 1. The fraction of sp³-hybridized carbons (Fsp3) is 0.400. The van der Waals surface area contributed by atoms with Crippen molar-refractivity contribution >= 4 is 138 Å². The van der Waals surface area contributed by atoms with Gasteiger partial charge in [-0.3, -0.25) is 4.79 Å². The van der Waals surface area contributed by atoms with E-state index < -0.39 is 47.1 Å². The zero-order chi connectivity index (χ0) is 56.1. The molecule has 0 spiro atoms. The number of nitrogens with two attached hydrogens (primary N) is 4. The van der Waals surface area contributed by atoms with Crippen LogP contribution in [0.1, 0.15) is 110 Å². The summed E-state index contributed by atoms with van der Waals surface area (Å²) in [6.07, 6.45) is 16.7. The lowest BCUT2D eigenvalue weighted by Crippen LogP contribution is -2.55. The summed E-state index contributed by atoms with van der Waals surface area (Å²) in [5.41, 5.74) is 19.4. The number of pyridine rings is 3. The lowest BCUT2D eigenvalue weighted by atomic mass is 9.83. The monoisotopic (exact) mass is 1190 g/mol. The summed E-state index contributed by atoms with van der Waals surface area (Å²) in [5, 5.41) is 14.2. The van der Waals surface area contributed by atoms with Crippen molar-refractivity contribution in [3.05, 3.63) is 93.4 Å². The molecular formula is C50H60Cl4N12O8S3. The molecule has 0 aliphatic heterocycles. The van der Waals surface area contributed by atoms with Crippen LogP contribution in [-0.4, -0.2) is 79.8 Å². The minimum atomic E-state index is -4.13. The van der Waals surface area contributed by atoms with Crippen molar-refractivity contribution in [1.29, 1.82) is 0 Å². The zero-order valence-electron chi connectivity index (χ0n) is 42.1. The van der Waals surface area contributed by atoms with Crippen LogP contribution in [0.3, 0.4) is 0 Å². The van der Waals surface area contributed by atoms with E-state index in [1.807, 2.05) is 13.8 Å². The van der Waals surface area contributed by atoms with Gasteiger partial charge in [-0.05, 0) is 88.8 Å². The molecule has 0 unspecified atom stereocenters. The van der Waals surface area contributed by atoms with E-state index in [1.54, 1.807) is 18.2 Å². The molecule has 0 saturated heterocycles. The molecule has 0 amide bonds. The minimum Gasteiger partial charge on any atom is -0.480 e.